The highest BCUT2D eigenvalue weighted by molar-refractivity contribution is 5.15. The van der Waals surface area contributed by atoms with Gasteiger partial charge in [-0.1, -0.05) is 13.0 Å². The number of pyridine rings is 1. The molecule has 1 aromatic heterocycles. The van der Waals surface area contributed by atoms with E-state index in [0.29, 0.717) is 0 Å². The Morgan fingerprint density at radius 1 is 1.62 bits per heavy atom. The maximum absolute atomic E-state index is 6.20. The van der Waals surface area contributed by atoms with Gasteiger partial charge in [0.2, 0.25) is 0 Å². The Morgan fingerprint density at radius 2 is 2.38 bits per heavy atom. The summed E-state index contributed by atoms with van der Waals surface area (Å²) < 4.78 is 0. The van der Waals surface area contributed by atoms with Crippen molar-refractivity contribution in [3.63, 3.8) is 0 Å². The van der Waals surface area contributed by atoms with E-state index in [1.54, 1.807) is 6.20 Å². The van der Waals surface area contributed by atoms with E-state index in [2.05, 4.69) is 18.0 Å². The lowest BCUT2D eigenvalue weighted by atomic mass is 9.67. The van der Waals surface area contributed by atoms with Crippen molar-refractivity contribution >= 4 is 0 Å². The minimum absolute atomic E-state index is 0.0580. The molecule has 13 heavy (non-hydrogen) atoms. The second-order valence-electron chi connectivity index (χ2n) is 4.41. The first-order valence-electron chi connectivity index (χ1n) is 4.86. The molecule has 0 saturated heterocycles. The van der Waals surface area contributed by atoms with E-state index in [1.807, 2.05) is 12.3 Å². The normalized spacial score (nSPS) is 32.6. The van der Waals surface area contributed by atoms with E-state index in [9.17, 15) is 0 Å². The molecular weight excluding hydrogens is 160 g/mol. The van der Waals surface area contributed by atoms with Crippen LogP contribution in [0.2, 0.25) is 0 Å². The molecule has 0 spiro atoms. The molecule has 2 heteroatoms. The zero-order valence-electron chi connectivity index (χ0n) is 8.03. The van der Waals surface area contributed by atoms with Crippen LogP contribution in [-0.2, 0) is 6.42 Å². The van der Waals surface area contributed by atoms with Gasteiger partial charge in [-0.15, -0.1) is 0 Å². The number of hydrogen-bond acceptors (Lipinski definition) is 2. The van der Waals surface area contributed by atoms with Crippen LogP contribution in [0.15, 0.2) is 24.5 Å². The number of nitrogens with two attached hydrogens (primary N) is 1. The van der Waals surface area contributed by atoms with Gasteiger partial charge in [-0.2, -0.15) is 0 Å². The minimum Gasteiger partial charge on any atom is -0.325 e. The standard InChI is InChI=1S/C11H16N2/c1-9-5-11(12,6-9)7-10-3-2-4-13-8-10/h2-4,8-9H,5-7,12H2,1H3. The van der Waals surface area contributed by atoms with E-state index < -0.39 is 0 Å². The van der Waals surface area contributed by atoms with Gasteiger partial charge in [0, 0.05) is 17.9 Å². The van der Waals surface area contributed by atoms with Crippen LogP contribution >= 0.6 is 0 Å². The van der Waals surface area contributed by atoms with Gasteiger partial charge in [-0.3, -0.25) is 4.98 Å². The predicted molar refractivity (Wildman–Crippen MR) is 53.3 cm³/mol. The molecule has 0 unspecified atom stereocenters. The lowest BCUT2D eigenvalue weighted by Crippen LogP contribution is -2.52. The van der Waals surface area contributed by atoms with E-state index in [4.69, 9.17) is 5.73 Å². The summed E-state index contributed by atoms with van der Waals surface area (Å²) in [6.07, 6.45) is 7.00. The SMILES string of the molecule is CC1CC(N)(Cc2cccnc2)C1. The Labute approximate surface area is 79.2 Å². The number of hydrogen-bond donors (Lipinski definition) is 1. The molecule has 0 aromatic carbocycles. The van der Waals surface area contributed by atoms with Crippen LogP contribution in [0.25, 0.3) is 0 Å². The molecule has 1 saturated carbocycles. The molecule has 0 bridgehead atoms. The second kappa shape index (κ2) is 3.11. The van der Waals surface area contributed by atoms with E-state index >= 15 is 0 Å². The van der Waals surface area contributed by atoms with Crippen LogP contribution < -0.4 is 5.73 Å². The van der Waals surface area contributed by atoms with Gasteiger partial charge in [-0.25, -0.2) is 0 Å². The third-order valence-electron chi connectivity index (χ3n) is 2.79. The lowest BCUT2D eigenvalue weighted by Gasteiger charge is -2.43. The molecule has 1 aliphatic rings. The summed E-state index contributed by atoms with van der Waals surface area (Å²) in [5, 5.41) is 0. The molecule has 1 aromatic rings. The average Bonchev–Trinajstić information content (AvgIpc) is 2.03. The summed E-state index contributed by atoms with van der Waals surface area (Å²) in [4.78, 5) is 4.09. The van der Waals surface area contributed by atoms with Gasteiger partial charge < -0.3 is 5.73 Å². The van der Waals surface area contributed by atoms with Crippen molar-refractivity contribution in [3.05, 3.63) is 30.1 Å². The third kappa shape index (κ3) is 1.89. The smallest absolute Gasteiger partial charge is 0.0300 e. The molecular formula is C11H16N2. The Bertz CT molecular complexity index is 275. The van der Waals surface area contributed by atoms with Crippen molar-refractivity contribution in [1.29, 1.82) is 0 Å². The summed E-state index contributed by atoms with van der Waals surface area (Å²) in [5.74, 6) is 0.807. The number of nitrogens with zero attached hydrogens (tertiary/aromatic N) is 1. The Kier molecular flexibility index (Phi) is 2.08. The fourth-order valence-corrected chi connectivity index (χ4v) is 2.38. The van der Waals surface area contributed by atoms with Gasteiger partial charge in [0.1, 0.15) is 0 Å². The van der Waals surface area contributed by atoms with Crippen LogP contribution in [0.3, 0.4) is 0 Å². The van der Waals surface area contributed by atoms with Crippen LogP contribution in [0.5, 0.6) is 0 Å². The molecule has 1 fully saturated rings. The number of rotatable bonds is 2. The molecule has 0 amide bonds. The molecule has 1 aliphatic carbocycles. The van der Waals surface area contributed by atoms with Crippen molar-refractivity contribution in [1.82, 2.24) is 4.98 Å². The predicted octanol–water partition coefficient (Wildman–Crippen LogP) is 1.75. The first-order chi connectivity index (χ1) is 6.18. The van der Waals surface area contributed by atoms with E-state index in [0.717, 1.165) is 25.2 Å². The zero-order valence-corrected chi connectivity index (χ0v) is 8.03. The monoisotopic (exact) mass is 176 g/mol. The van der Waals surface area contributed by atoms with Gasteiger partial charge in [0.15, 0.2) is 0 Å². The highest BCUT2D eigenvalue weighted by Crippen LogP contribution is 2.37. The van der Waals surface area contributed by atoms with Crippen LogP contribution in [0.1, 0.15) is 25.3 Å². The summed E-state index contributed by atoms with van der Waals surface area (Å²) >= 11 is 0. The Balaban J connectivity index is 1.99. The Morgan fingerprint density at radius 3 is 2.92 bits per heavy atom. The van der Waals surface area contributed by atoms with Crippen molar-refractivity contribution in [2.75, 3.05) is 0 Å². The summed E-state index contributed by atoms with van der Waals surface area (Å²) in [5.41, 5.74) is 7.52. The van der Waals surface area contributed by atoms with Crippen molar-refractivity contribution in [2.45, 2.75) is 31.7 Å². The third-order valence-corrected chi connectivity index (χ3v) is 2.79. The van der Waals surface area contributed by atoms with E-state index in [-0.39, 0.29) is 5.54 Å². The molecule has 1 heterocycles. The fraction of sp³-hybridized carbons (Fsp3) is 0.545. The minimum atomic E-state index is 0.0580. The summed E-state index contributed by atoms with van der Waals surface area (Å²) in [6, 6.07) is 4.07. The maximum Gasteiger partial charge on any atom is 0.0300 e. The molecule has 70 valence electrons. The first-order valence-corrected chi connectivity index (χ1v) is 4.86. The van der Waals surface area contributed by atoms with Gasteiger partial charge in [-0.05, 0) is 36.8 Å². The van der Waals surface area contributed by atoms with Crippen LogP contribution in [-0.4, -0.2) is 10.5 Å². The maximum atomic E-state index is 6.20. The van der Waals surface area contributed by atoms with E-state index in [1.165, 1.54) is 5.56 Å². The average molecular weight is 176 g/mol. The van der Waals surface area contributed by atoms with Gasteiger partial charge >= 0.3 is 0 Å². The second-order valence-corrected chi connectivity index (χ2v) is 4.41. The number of aromatic nitrogens is 1. The fourth-order valence-electron chi connectivity index (χ4n) is 2.38. The molecule has 2 N–H and O–H groups in total. The quantitative estimate of drug-likeness (QED) is 0.745. The largest absolute Gasteiger partial charge is 0.325 e. The zero-order chi connectivity index (χ0) is 9.31. The van der Waals surface area contributed by atoms with Crippen LogP contribution in [0, 0.1) is 5.92 Å². The summed E-state index contributed by atoms with van der Waals surface area (Å²) in [6.45, 7) is 2.26. The first kappa shape index (κ1) is 8.70. The van der Waals surface area contributed by atoms with Crippen molar-refractivity contribution in [3.8, 4) is 0 Å². The van der Waals surface area contributed by atoms with Gasteiger partial charge in [0.05, 0.1) is 0 Å². The summed E-state index contributed by atoms with van der Waals surface area (Å²) in [7, 11) is 0. The molecule has 0 radical (unpaired) electrons. The van der Waals surface area contributed by atoms with Crippen molar-refractivity contribution < 1.29 is 0 Å². The molecule has 2 rings (SSSR count). The highest BCUT2D eigenvalue weighted by atomic mass is 14.8. The molecule has 2 nitrogen and oxygen atoms in total. The molecule has 0 atom stereocenters. The molecule has 0 aliphatic heterocycles. The topological polar surface area (TPSA) is 38.9 Å². The lowest BCUT2D eigenvalue weighted by molar-refractivity contribution is 0.162. The van der Waals surface area contributed by atoms with Crippen molar-refractivity contribution in [2.24, 2.45) is 11.7 Å². The van der Waals surface area contributed by atoms with Crippen LogP contribution in [0.4, 0.5) is 0 Å². The Hall–Kier alpha value is -0.890. The van der Waals surface area contributed by atoms with Gasteiger partial charge in [0.25, 0.3) is 0 Å². The highest BCUT2D eigenvalue weighted by Gasteiger charge is 2.38.